The quantitative estimate of drug-likeness (QED) is 0.901. The van der Waals surface area contributed by atoms with Gasteiger partial charge in [-0.25, -0.2) is 9.07 Å². The average Bonchev–Trinajstić information content (AvgIpc) is 2.77. The van der Waals surface area contributed by atoms with Crippen molar-refractivity contribution in [3.63, 3.8) is 0 Å². The van der Waals surface area contributed by atoms with Gasteiger partial charge in [-0.15, -0.1) is 0 Å². The molecule has 1 aliphatic carbocycles. The Labute approximate surface area is 112 Å². The van der Waals surface area contributed by atoms with E-state index in [1.807, 2.05) is 11.6 Å². The van der Waals surface area contributed by atoms with Crippen LogP contribution in [0.1, 0.15) is 35.7 Å². The number of aromatic nitrogens is 2. The van der Waals surface area contributed by atoms with Gasteiger partial charge in [0.05, 0.1) is 17.1 Å². The second kappa shape index (κ2) is 4.78. The van der Waals surface area contributed by atoms with Crippen LogP contribution in [0.4, 0.5) is 4.39 Å². The first-order chi connectivity index (χ1) is 9.20. The van der Waals surface area contributed by atoms with Gasteiger partial charge in [-0.3, -0.25) is 0 Å². The number of halogens is 1. The summed E-state index contributed by atoms with van der Waals surface area (Å²) >= 11 is 0. The molecule has 0 bridgehead atoms. The third kappa shape index (κ3) is 2.06. The molecule has 1 aromatic heterocycles. The highest BCUT2D eigenvalue weighted by molar-refractivity contribution is 5.40. The average molecular weight is 259 g/mol. The molecule has 1 heterocycles. The van der Waals surface area contributed by atoms with Gasteiger partial charge in [0.1, 0.15) is 5.82 Å². The molecule has 3 nitrogen and oxygen atoms in total. The summed E-state index contributed by atoms with van der Waals surface area (Å²) in [6, 6.07) is 6.48. The molecule has 0 saturated heterocycles. The zero-order valence-electron chi connectivity index (χ0n) is 11.1. The van der Waals surface area contributed by atoms with Gasteiger partial charge in [-0.05, 0) is 56.0 Å². The predicted molar refractivity (Wildman–Crippen MR) is 73.0 cm³/mol. The fraction of sp³-hybridized carbons (Fsp3) is 0.400. The van der Waals surface area contributed by atoms with Crippen molar-refractivity contribution >= 4 is 0 Å². The smallest absolute Gasteiger partial charge is 0.123 e. The summed E-state index contributed by atoms with van der Waals surface area (Å²) in [5, 5.41) is 4.63. The van der Waals surface area contributed by atoms with Gasteiger partial charge in [0, 0.05) is 12.5 Å². The third-order valence-electron chi connectivity index (χ3n) is 3.95. The molecule has 1 unspecified atom stereocenters. The van der Waals surface area contributed by atoms with Crippen LogP contribution in [0.5, 0.6) is 0 Å². The highest BCUT2D eigenvalue weighted by atomic mass is 19.1. The predicted octanol–water partition coefficient (Wildman–Crippen LogP) is 2.70. The topological polar surface area (TPSA) is 43.8 Å². The molecular weight excluding hydrogens is 241 g/mol. The fourth-order valence-electron chi connectivity index (χ4n) is 2.98. The van der Waals surface area contributed by atoms with Gasteiger partial charge in [-0.1, -0.05) is 0 Å². The van der Waals surface area contributed by atoms with Crippen LogP contribution in [0, 0.1) is 12.7 Å². The molecule has 19 heavy (non-hydrogen) atoms. The Balaban J connectivity index is 2.14. The van der Waals surface area contributed by atoms with E-state index < -0.39 is 0 Å². The Bertz CT molecular complexity index is 586. The highest BCUT2D eigenvalue weighted by Gasteiger charge is 2.26. The molecule has 3 rings (SSSR count). The van der Waals surface area contributed by atoms with Crippen molar-refractivity contribution in [2.45, 2.75) is 32.1 Å². The summed E-state index contributed by atoms with van der Waals surface area (Å²) < 4.78 is 15.0. The maximum absolute atomic E-state index is 13.0. The van der Waals surface area contributed by atoms with E-state index in [0.717, 1.165) is 24.2 Å². The molecule has 0 spiro atoms. The van der Waals surface area contributed by atoms with E-state index in [0.29, 0.717) is 12.5 Å². The van der Waals surface area contributed by atoms with Crippen LogP contribution in [0.25, 0.3) is 5.69 Å². The lowest BCUT2D eigenvalue weighted by Crippen LogP contribution is -2.21. The van der Waals surface area contributed by atoms with Crippen LogP contribution < -0.4 is 5.73 Å². The maximum atomic E-state index is 13.0. The molecule has 1 aromatic carbocycles. The van der Waals surface area contributed by atoms with E-state index in [-0.39, 0.29) is 5.82 Å². The van der Waals surface area contributed by atoms with E-state index in [2.05, 4.69) is 5.10 Å². The lowest BCUT2D eigenvalue weighted by atomic mass is 9.86. The number of fused-ring (bicyclic) bond motifs is 1. The first-order valence-electron chi connectivity index (χ1n) is 6.75. The molecule has 0 saturated carbocycles. The molecule has 0 radical (unpaired) electrons. The first-order valence-corrected chi connectivity index (χ1v) is 6.75. The summed E-state index contributed by atoms with van der Waals surface area (Å²) in [4.78, 5) is 0. The van der Waals surface area contributed by atoms with Gasteiger partial charge >= 0.3 is 0 Å². The number of nitrogens with two attached hydrogens (primary N) is 1. The third-order valence-corrected chi connectivity index (χ3v) is 3.95. The number of aryl methyl sites for hydroxylation is 1. The minimum Gasteiger partial charge on any atom is -0.330 e. The number of hydrogen-bond acceptors (Lipinski definition) is 2. The Morgan fingerprint density at radius 3 is 2.79 bits per heavy atom. The molecule has 2 aromatic rings. The normalized spacial score (nSPS) is 18.4. The van der Waals surface area contributed by atoms with Crippen LogP contribution in [-0.2, 0) is 6.42 Å². The summed E-state index contributed by atoms with van der Waals surface area (Å²) in [6.07, 6.45) is 3.35. The summed E-state index contributed by atoms with van der Waals surface area (Å²) in [5.41, 5.74) is 10.4. The van der Waals surface area contributed by atoms with Crippen LogP contribution in [0.2, 0.25) is 0 Å². The first kappa shape index (κ1) is 12.4. The summed E-state index contributed by atoms with van der Waals surface area (Å²) in [5.74, 6) is 0.131. The van der Waals surface area contributed by atoms with Gasteiger partial charge in [0.15, 0.2) is 0 Å². The second-order valence-corrected chi connectivity index (χ2v) is 5.16. The Morgan fingerprint density at radius 1 is 1.37 bits per heavy atom. The minimum atomic E-state index is -0.225. The number of rotatable bonds is 2. The van der Waals surface area contributed by atoms with E-state index in [4.69, 9.17) is 5.73 Å². The monoisotopic (exact) mass is 259 g/mol. The maximum Gasteiger partial charge on any atom is 0.123 e. The minimum absolute atomic E-state index is 0.225. The van der Waals surface area contributed by atoms with Gasteiger partial charge in [-0.2, -0.15) is 5.10 Å². The fourth-order valence-corrected chi connectivity index (χ4v) is 2.98. The molecule has 0 aliphatic heterocycles. The van der Waals surface area contributed by atoms with E-state index in [1.54, 1.807) is 12.1 Å². The molecule has 4 heteroatoms. The van der Waals surface area contributed by atoms with E-state index in [1.165, 1.54) is 29.8 Å². The molecule has 0 fully saturated rings. The lowest BCUT2D eigenvalue weighted by Gasteiger charge is -2.23. The molecule has 1 atom stereocenters. The van der Waals surface area contributed by atoms with E-state index in [9.17, 15) is 4.39 Å². The Kier molecular flexibility index (Phi) is 3.11. The molecule has 0 amide bonds. The van der Waals surface area contributed by atoms with E-state index >= 15 is 0 Å². The lowest BCUT2D eigenvalue weighted by molar-refractivity contribution is 0.534. The molecular formula is C15H18FN3. The van der Waals surface area contributed by atoms with Gasteiger partial charge < -0.3 is 5.73 Å². The van der Waals surface area contributed by atoms with Crippen molar-refractivity contribution < 1.29 is 4.39 Å². The zero-order chi connectivity index (χ0) is 13.4. The second-order valence-electron chi connectivity index (χ2n) is 5.16. The van der Waals surface area contributed by atoms with Crippen LogP contribution in [0.15, 0.2) is 24.3 Å². The van der Waals surface area contributed by atoms with Crippen LogP contribution in [-0.4, -0.2) is 16.3 Å². The highest BCUT2D eigenvalue weighted by Crippen LogP contribution is 2.34. The Morgan fingerprint density at radius 2 is 2.11 bits per heavy atom. The van der Waals surface area contributed by atoms with Gasteiger partial charge in [0.2, 0.25) is 0 Å². The van der Waals surface area contributed by atoms with Crippen molar-refractivity contribution in [1.82, 2.24) is 9.78 Å². The SMILES string of the molecule is Cc1nn(-c2ccc(F)cc2)c2c1CCCC2CN. The molecule has 1 aliphatic rings. The van der Waals surface area contributed by atoms with Crippen LogP contribution in [0.3, 0.4) is 0 Å². The van der Waals surface area contributed by atoms with Crippen LogP contribution >= 0.6 is 0 Å². The number of benzene rings is 1. The van der Waals surface area contributed by atoms with Crippen molar-refractivity contribution in [3.8, 4) is 5.69 Å². The van der Waals surface area contributed by atoms with Crippen molar-refractivity contribution in [3.05, 3.63) is 47.0 Å². The number of nitrogens with zero attached hydrogens (tertiary/aromatic N) is 2. The number of hydrogen-bond donors (Lipinski definition) is 1. The van der Waals surface area contributed by atoms with Crippen molar-refractivity contribution in [1.29, 1.82) is 0 Å². The van der Waals surface area contributed by atoms with Crippen molar-refractivity contribution in [2.75, 3.05) is 6.54 Å². The molecule has 2 N–H and O–H groups in total. The Hall–Kier alpha value is -1.68. The largest absolute Gasteiger partial charge is 0.330 e. The molecule has 100 valence electrons. The van der Waals surface area contributed by atoms with Crippen molar-refractivity contribution in [2.24, 2.45) is 5.73 Å². The zero-order valence-corrected chi connectivity index (χ0v) is 11.1. The summed E-state index contributed by atoms with van der Waals surface area (Å²) in [7, 11) is 0. The summed E-state index contributed by atoms with van der Waals surface area (Å²) in [6.45, 7) is 2.68. The standard InChI is InChI=1S/C15H18FN3/c1-10-14-4-2-3-11(9-17)15(14)19(18-10)13-7-5-12(16)6-8-13/h5-8,11H,2-4,9,17H2,1H3. The van der Waals surface area contributed by atoms with Gasteiger partial charge in [0.25, 0.3) is 0 Å².